The molecule has 0 saturated carbocycles. The first kappa shape index (κ1) is 18.9. The van der Waals surface area contributed by atoms with Crippen molar-refractivity contribution in [2.45, 2.75) is 26.4 Å². The van der Waals surface area contributed by atoms with Crippen LogP contribution in [0.2, 0.25) is 0 Å². The van der Waals surface area contributed by atoms with Crippen LogP contribution in [0.25, 0.3) is 21.5 Å². The second-order valence-corrected chi connectivity index (χ2v) is 6.14. The normalized spacial score (nSPS) is 12.7. The maximum absolute atomic E-state index is 12.5. The summed E-state index contributed by atoms with van der Waals surface area (Å²) in [4.78, 5) is 0. The van der Waals surface area contributed by atoms with Gasteiger partial charge < -0.3 is 14.7 Å². The molecule has 6 nitrogen and oxygen atoms in total. The van der Waals surface area contributed by atoms with E-state index in [1.807, 2.05) is 55.5 Å². The minimum absolute atomic E-state index is 0.00112. The fourth-order valence-electron chi connectivity index (χ4n) is 3.27. The first-order valence-corrected chi connectivity index (χ1v) is 9.06. The molecule has 0 heterocycles. The van der Waals surface area contributed by atoms with Crippen molar-refractivity contribution >= 4 is 33.6 Å². The zero-order valence-electron chi connectivity index (χ0n) is 15.5. The number of fused-ring (bicyclic) bond motifs is 2. The molecule has 1 N–H and O–H groups in total. The summed E-state index contributed by atoms with van der Waals surface area (Å²) in [6.07, 6.45) is 1.71. The zero-order chi connectivity index (χ0) is 19.2. The average molecular weight is 367 g/mol. The lowest BCUT2D eigenvalue weighted by Crippen LogP contribution is -2.63. The van der Waals surface area contributed by atoms with E-state index in [9.17, 15) is 10.4 Å². The van der Waals surface area contributed by atoms with Gasteiger partial charge in [0, 0.05) is 33.4 Å². The Bertz CT molecular complexity index is 885. The number of anilines is 1. The van der Waals surface area contributed by atoms with Gasteiger partial charge in [0.2, 0.25) is 0 Å². The smallest absolute Gasteiger partial charge is 0.274 e. The van der Waals surface area contributed by atoms with Crippen molar-refractivity contribution in [1.29, 1.82) is 0 Å². The van der Waals surface area contributed by atoms with Crippen molar-refractivity contribution in [1.82, 2.24) is 0 Å². The highest BCUT2D eigenvalue weighted by Crippen LogP contribution is 2.42. The van der Waals surface area contributed by atoms with Crippen LogP contribution in [-0.2, 0) is 9.94 Å². The summed E-state index contributed by atoms with van der Waals surface area (Å²) in [6, 6.07) is 15.1. The van der Waals surface area contributed by atoms with Gasteiger partial charge in [0.05, 0.1) is 6.10 Å². The molecule has 0 fully saturated rings. The maximum atomic E-state index is 12.5. The molecule has 3 aromatic rings. The van der Waals surface area contributed by atoms with Crippen molar-refractivity contribution in [3.63, 3.8) is 0 Å². The monoisotopic (exact) mass is 367 g/mol. The molecule has 0 aromatic heterocycles. The van der Waals surface area contributed by atoms with Crippen LogP contribution in [0.5, 0.6) is 5.75 Å². The average Bonchev–Trinajstić information content (AvgIpc) is 2.70. The van der Waals surface area contributed by atoms with E-state index in [2.05, 4.69) is 6.92 Å². The molecule has 6 heteroatoms. The molecule has 0 bridgehead atoms. The van der Waals surface area contributed by atoms with Gasteiger partial charge >= 0.3 is 0 Å². The molecular weight excluding hydrogens is 344 g/mol. The molecule has 0 amide bonds. The number of hydrogen-bond donors (Lipinski definition) is 1. The standard InChI is InChI=1S/C21H23N2O4/c1-3-15(26-4-2)13-27-21-18-11-7-5-9-16(18)20(23(25)14-22-24)17-10-6-8-12-19(17)21/h5-12,14-15,22H,3-4,13H2,1-2H3. The molecule has 27 heavy (non-hydrogen) atoms. The Balaban J connectivity index is 2.20. The van der Waals surface area contributed by atoms with Crippen LogP contribution >= 0.6 is 0 Å². The van der Waals surface area contributed by atoms with Crippen molar-refractivity contribution in [3.8, 4) is 5.75 Å². The van der Waals surface area contributed by atoms with E-state index >= 15 is 0 Å². The first-order chi connectivity index (χ1) is 13.2. The van der Waals surface area contributed by atoms with E-state index in [0.29, 0.717) is 29.7 Å². The van der Waals surface area contributed by atoms with E-state index in [0.717, 1.165) is 34.3 Å². The Morgan fingerprint density at radius 1 is 1.04 bits per heavy atom. The van der Waals surface area contributed by atoms with Crippen LogP contribution in [-0.4, -0.2) is 25.7 Å². The molecule has 3 aromatic carbocycles. The summed E-state index contributed by atoms with van der Waals surface area (Å²) in [6.45, 7) is 5.08. The van der Waals surface area contributed by atoms with Crippen molar-refractivity contribution in [2.75, 3.05) is 18.3 Å². The summed E-state index contributed by atoms with van der Waals surface area (Å²) in [7, 11) is 0. The Kier molecular flexibility index (Phi) is 6.11. The van der Waals surface area contributed by atoms with Crippen molar-refractivity contribution in [2.24, 2.45) is 0 Å². The molecule has 3 rings (SSSR count). The molecule has 1 unspecified atom stereocenters. The van der Waals surface area contributed by atoms with E-state index in [1.165, 1.54) is 0 Å². The van der Waals surface area contributed by atoms with Crippen molar-refractivity contribution < 1.29 is 19.8 Å². The van der Waals surface area contributed by atoms with Gasteiger partial charge in [0.25, 0.3) is 6.34 Å². The predicted octanol–water partition coefficient (Wildman–Crippen LogP) is 2.95. The summed E-state index contributed by atoms with van der Waals surface area (Å²) in [5.74, 6) is 0.714. The molecule has 0 aliphatic heterocycles. The fraction of sp³-hybridized carbons (Fsp3) is 0.286. The Hall–Kier alpha value is -2.83. The van der Waals surface area contributed by atoms with Gasteiger partial charge in [-0.15, -0.1) is 0 Å². The van der Waals surface area contributed by atoms with Gasteiger partial charge in [-0.25, -0.2) is 0 Å². The highest BCUT2D eigenvalue weighted by atomic mass is 16.5. The largest absolute Gasteiger partial charge is 0.717 e. The minimum atomic E-state index is 0.00112. The fourth-order valence-corrected chi connectivity index (χ4v) is 3.27. The third kappa shape index (κ3) is 3.82. The van der Waals surface area contributed by atoms with Crippen LogP contribution in [0.15, 0.2) is 48.5 Å². The number of ether oxygens (including phenoxy) is 2. The number of nitrogens with one attached hydrogen (secondary N) is 1. The SMILES string of the molecule is CCOC(CC)COc1c2ccccc2c(N([O])C=[NH+][O-])c2ccccc12. The van der Waals surface area contributed by atoms with E-state index in [4.69, 9.17) is 9.47 Å². The first-order valence-electron chi connectivity index (χ1n) is 9.06. The van der Waals surface area contributed by atoms with Gasteiger partial charge in [0.1, 0.15) is 12.4 Å². The van der Waals surface area contributed by atoms with Crippen LogP contribution in [0, 0.1) is 5.21 Å². The molecule has 141 valence electrons. The number of hydrogen-bond acceptors (Lipinski definition) is 3. The van der Waals surface area contributed by atoms with Crippen molar-refractivity contribution in [3.05, 3.63) is 53.7 Å². The second-order valence-electron chi connectivity index (χ2n) is 6.14. The van der Waals surface area contributed by atoms with Crippen LogP contribution in [0.4, 0.5) is 5.69 Å². The highest BCUT2D eigenvalue weighted by Gasteiger charge is 2.23. The number of benzene rings is 3. The Morgan fingerprint density at radius 3 is 2.07 bits per heavy atom. The quantitative estimate of drug-likeness (QED) is 0.218. The van der Waals surface area contributed by atoms with E-state index < -0.39 is 0 Å². The molecule has 1 atom stereocenters. The maximum Gasteiger partial charge on any atom is 0.274 e. The van der Waals surface area contributed by atoms with Crippen LogP contribution in [0.1, 0.15) is 20.3 Å². The van der Waals surface area contributed by atoms with Gasteiger partial charge in [-0.2, -0.15) is 0 Å². The topological polar surface area (TPSA) is 78.6 Å². The zero-order valence-corrected chi connectivity index (χ0v) is 15.5. The van der Waals surface area contributed by atoms with Gasteiger partial charge in [0.15, 0.2) is 5.69 Å². The lowest BCUT2D eigenvalue weighted by Gasteiger charge is -2.19. The van der Waals surface area contributed by atoms with Crippen LogP contribution < -0.4 is 15.0 Å². The Morgan fingerprint density at radius 2 is 1.59 bits per heavy atom. The number of rotatable bonds is 8. The summed E-state index contributed by atoms with van der Waals surface area (Å²) in [5, 5.41) is 28.5. The lowest BCUT2D eigenvalue weighted by molar-refractivity contribution is -0.370. The molecule has 0 aliphatic rings. The van der Waals surface area contributed by atoms with Gasteiger partial charge in [-0.05, 0) is 30.5 Å². The second kappa shape index (κ2) is 8.70. The number of nitrogens with zero attached hydrogens (tertiary/aromatic N) is 1. The molecule has 0 spiro atoms. The van der Waals surface area contributed by atoms with E-state index in [-0.39, 0.29) is 6.10 Å². The summed E-state index contributed by atoms with van der Waals surface area (Å²) < 4.78 is 11.9. The number of hydroxylamine groups is 1. The lowest BCUT2D eigenvalue weighted by atomic mass is 9.99. The highest BCUT2D eigenvalue weighted by molar-refractivity contribution is 6.17. The van der Waals surface area contributed by atoms with Gasteiger partial charge in [-0.3, -0.25) is 5.16 Å². The minimum Gasteiger partial charge on any atom is -0.717 e. The predicted molar refractivity (Wildman–Crippen MR) is 106 cm³/mol. The van der Waals surface area contributed by atoms with Crippen LogP contribution in [0.3, 0.4) is 0 Å². The molecule has 0 aliphatic carbocycles. The Labute approximate surface area is 158 Å². The molecule has 1 radical (unpaired) electrons. The third-order valence-electron chi connectivity index (χ3n) is 4.52. The summed E-state index contributed by atoms with van der Waals surface area (Å²) in [5.41, 5.74) is 0.411. The third-order valence-corrected chi connectivity index (χ3v) is 4.52. The van der Waals surface area contributed by atoms with E-state index in [1.54, 1.807) is 5.16 Å². The molecular formula is C21H23N2O4. The van der Waals surface area contributed by atoms with Gasteiger partial charge in [-0.1, -0.05) is 43.3 Å². The molecule has 0 saturated heterocycles. The summed E-state index contributed by atoms with van der Waals surface area (Å²) >= 11 is 0.